The molecule has 1 aliphatic rings. The van der Waals surface area contributed by atoms with Crippen LogP contribution < -0.4 is 0 Å². The highest BCUT2D eigenvalue weighted by atomic mass is 16.6. The lowest BCUT2D eigenvalue weighted by Crippen LogP contribution is -2.35. The summed E-state index contributed by atoms with van der Waals surface area (Å²) in [6, 6.07) is 7.47. The summed E-state index contributed by atoms with van der Waals surface area (Å²) < 4.78 is 5.25. The third-order valence-electron chi connectivity index (χ3n) is 2.60. The molecular formula is C13H17NO3. The van der Waals surface area contributed by atoms with Crippen LogP contribution in [0, 0.1) is 0 Å². The lowest BCUT2D eigenvalue weighted by Gasteiger charge is -2.26. The van der Waals surface area contributed by atoms with Crippen molar-refractivity contribution in [2.24, 2.45) is 0 Å². The van der Waals surface area contributed by atoms with Crippen LogP contribution in [-0.2, 0) is 11.3 Å². The van der Waals surface area contributed by atoms with Crippen LogP contribution in [0.25, 0.3) is 0 Å². The average Bonchev–Trinajstić information content (AvgIpc) is 2.55. The molecule has 1 heterocycles. The minimum Gasteiger partial charge on any atom is -0.444 e. The summed E-state index contributed by atoms with van der Waals surface area (Å²) in [5, 5.41) is 10.0. The molecule has 0 saturated carbocycles. The van der Waals surface area contributed by atoms with Crippen molar-refractivity contribution in [2.75, 3.05) is 0 Å². The first-order chi connectivity index (χ1) is 7.88. The molecule has 0 spiro atoms. The second-order valence-corrected chi connectivity index (χ2v) is 5.18. The summed E-state index contributed by atoms with van der Waals surface area (Å²) in [6.45, 7) is 5.81. The maximum atomic E-state index is 11.9. The van der Waals surface area contributed by atoms with Gasteiger partial charge in [-0.1, -0.05) is 24.3 Å². The maximum absolute atomic E-state index is 11.9. The molecule has 1 aromatic rings. The summed E-state index contributed by atoms with van der Waals surface area (Å²) in [4.78, 5) is 13.2. The molecule has 4 nitrogen and oxygen atoms in total. The predicted octanol–water partition coefficient (Wildman–Crippen LogP) is 2.43. The second kappa shape index (κ2) is 4.04. The van der Waals surface area contributed by atoms with Crippen LogP contribution in [-0.4, -0.2) is 21.7 Å². The summed E-state index contributed by atoms with van der Waals surface area (Å²) in [5.74, 6) is 0. The van der Waals surface area contributed by atoms with E-state index in [2.05, 4.69) is 0 Å². The van der Waals surface area contributed by atoms with Gasteiger partial charge < -0.3 is 9.84 Å². The Morgan fingerprint density at radius 2 is 2.06 bits per heavy atom. The highest BCUT2D eigenvalue weighted by molar-refractivity contribution is 5.70. The number of aliphatic hydroxyl groups is 1. The first-order valence-corrected chi connectivity index (χ1v) is 5.64. The Kier molecular flexibility index (Phi) is 2.83. The van der Waals surface area contributed by atoms with E-state index in [0.717, 1.165) is 11.1 Å². The van der Waals surface area contributed by atoms with Crippen molar-refractivity contribution in [1.82, 2.24) is 4.90 Å². The molecule has 17 heavy (non-hydrogen) atoms. The van der Waals surface area contributed by atoms with Crippen molar-refractivity contribution in [3.05, 3.63) is 35.4 Å². The standard InChI is InChI=1S/C13H17NO3/c1-13(2,3)17-12(16)14-8-9-6-4-5-7-10(9)11(14)15/h4-7,11,15H,8H2,1-3H3. The van der Waals surface area contributed by atoms with E-state index in [1.54, 1.807) is 20.8 Å². The number of ether oxygens (including phenoxy) is 1. The molecule has 1 unspecified atom stereocenters. The molecule has 1 N–H and O–H groups in total. The largest absolute Gasteiger partial charge is 0.444 e. The summed E-state index contributed by atoms with van der Waals surface area (Å²) in [7, 11) is 0. The van der Waals surface area contributed by atoms with Crippen molar-refractivity contribution in [1.29, 1.82) is 0 Å². The molecule has 4 heteroatoms. The lowest BCUT2D eigenvalue weighted by molar-refractivity contribution is -0.0257. The first-order valence-electron chi connectivity index (χ1n) is 5.64. The number of carbonyl (C=O) groups excluding carboxylic acids is 1. The third kappa shape index (κ3) is 2.42. The molecular weight excluding hydrogens is 218 g/mol. The van der Waals surface area contributed by atoms with Gasteiger partial charge in [-0.2, -0.15) is 0 Å². The zero-order valence-electron chi connectivity index (χ0n) is 10.3. The van der Waals surface area contributed by atoms with E-state index in [9.17, 15) is 9.90 Å². The Bertz CT molecular complexity index is 437. The minimum absolute atomic E-state index is 0.395. The Balaban J connectivity index is 2.15. The van der Waals surface area contributed by atoms with Crippen LogP contribution >= 0.6 is 0 Å². The normalized spacial score (nSPS) is 19.1. The Hall–Kier alpha value is -1.55. The molecule has 0 aliphatic carbocycles. The molecule has 1 atom stereocenters. The average molecular weight is 235 g/mol. The molecule has 0 saturated heterocycles. The van der Waals surface area contributed by atoms with Gasteiger partial charge in [-0.3, -0.25) is 4.90 Å². The Labute approximate surface area is 101 Å². The van der Waals surface area contributed by atoms with E-state index in [1.165, 1.54) is 4.90 Å². The van der Waals surface area contributed by atoms with Crippen LogP contribution in [0.2, 0.25) is 0 Å². The molecule has 1 aliphatic heterocycles. The highest BCUT2D eigenvalue weighted by Gasteiger charge is 2.34. The number of hydrogen-bond acceptors (Lipinski definition) is 3. The molecule has 2 rings (SSSR count). The lowest BCUT2D eigenvalue weighted by atomic mass is 10.1. The second-order valence-electron chi connectivity index (χ2n) is 5.18. The quantitative estimate of drug-likeness (QED) is 0.751. The van der Waals surface area contributed by atoms with E-state index in [4.69, 9.17) is 4.74 Å². The number of fused-ring (bicyclic) bond motifs is 1. The van der Waals surface area contributed by atoms with Crippen molar-refractivity contribution in [3.63, 3.8) is 0 Å². The predicted molar refractivity (Wildman–Crippen MR) is 63.2 cm³/mol. The van der Waals surface area contributed by atoms with Gasteiger partial charge in [-0.05, 0) is 26.3 Å². The third-order valence-corrected chi connectivity index (χ3v) is 2.60. The monoisotopic (exact) mass is 235 g/mol. The SMILES string of the molecule is CC(C)(C)OC(=O)N1Cc2ccccc2C1O. The number of nitrogens with zero attached hydrogens (tertiary/aromatic N) is 1. The van der Waals surface area contributed by atoms with Gasteiger partial charge in [0.2, 0.25) is 0 Å². The highest BCUT2D eigenvalue weighted by Crippen LogP contribution is 2.32. The molecule has 1 aromatic carbocycles. The first kappa shape index (κ1) is 11.9. The molecule has 0 fully saturated rings. The van der Waals surface area contributed by atoms with Crippen molar-refractivity contribution >= 4 is 6.09 Å². The Morgan fingerprint density at radius 3 is 2.65 bits per heavy atom. The van der Waals surface area contributed by atoms with Crippen molar-refractivity contribution in [3.8, 4) is 0 Å². The van der Waals surface area contributed by atoms with E-state index < -0.39 is 17.9 Å². The fourth-order valence-corrected chi connectivity index (χ4v) is 1.85. The van der Waals surface area contributed by atoms with Crippen LogP contribution in [0.4, 0.5) is 4.79 Å². The smallest absolute Gasteiger partial charge is 0.412 e. The molecule has 1 amide bonds. The van der Waals surface area contributed by atoms with Crippen LogP contribution in [0.3, 0.4) is 0 Å². The zero-order valence-corrected chi connectivity index (χ0v) is 10.3. The molecule has 0 aromatic heterocycles. The number of aliphatic hydroxyl groups excluding tert-OH is 1. The number of amides is 1. The van der Waals surface area contributed by atoms with Gasteiger partial charge >= 0.3 is 6.09 Å². The number of benzene rings is 1. The topological polar surface area (TPSA) is 49.8 Å². The zero-order chi connectivity index (χ0) is 12.6. The van der Waals surface area contributed by atoms with Crippen LogP contribution in [0.15, 0.2) is 24.3 Å². The number of hydrogen-bond donors (Lipinski definition) is 1. The van der Waals surface area contributed by atoms with Gasteiger partial charge in [-0.25, -0.2) is 4.79 Å². The van der Waals surface area contributed by atoms with Crippen LogP contribution in [0.1, 0.15) is 38.1 Å². The Morgan fingerprint density at radius 1 is 1.41 bits per heavy atom. The van der Waals surface area contributed by atoms with Gasteiger partial charge in [-0.15, -0.1) is 0 Å². The van der Waals surface area contributed by atoms with Gasteiger partial charge in [0.25, 0.3) is 0 Å². The summed E-state index contributed by atoms with van der Waals surface area (Å²) in [5.41, 5.74) is 1.19. The fraction of sp³-hybridized carbons (Fsp3) is 0.462. The van der Waals surface area contributed by atoms with E-state index in [1.807, 2.05) is 24.3 Å². The van der Waals surface area contributed by atoms with Gasteiger partial charge in [0.05, 0.1) is 6.54 Å². The molecule has 92 valence electrons. The van der Waals surface area contributed by atoms with Crippen molar-refractivity contribution in [2.45, 2.75) is 39.1 Å². The van der Waals surface area contributed by atoms with Gasteiger partial charge in [0, 0.05) is 5.56 Å². The van der Waals surface area contributed by atoms with E-state index in [-0.39, 0.29) is 0 Å². The maximum Gasteiger partial charge on any atom is 0.412 e. The number of rotatable bonds is 0. The van der Waals surface area contributed by atoms with Gasteiger partial charge in [0.1, 0.15) is 5.60 Å². The molecule has 0 bridgehead atoms. The summed E-state index contributed by atoms with van der Waals surface area (Å²) >= 11 is 0. The fourth-order valence-electron chi connectivity index (χ4n) is 1.85. The van der Waals surface area contributed by atoms with Crippen LogP contribution in [0.5, 0.6) is 0 Å². The van der Waals surface area contributed by atoms with E-state index >= 15 is 0 Å². The summed E-state index contributed by atoms with van der Waals surface area (Å²) in [6.07, 6.45) is -1.39. The number of carbonyl (C=O) groups is 1. The minimum atomic E-state index is -0.902. The molecule has 0 radical (unpaired) electrons. The van der Waals surface area contributed by atoms with Gasteiger partial charge in [0.15, 0.2) is 6.23 Å². The van der Waals surface area contributed by atoms with Crippen molar-refractivity contribution < 1.29 is 14.6 Å². The van der Waals surface area contributed by atoms with E-state index in [0.29, 0.717) is 6.54 Å².